The van der Waals surface area contributed by atoms with Gasteiger partial charge in [0.2, 0.25) is 5.91 Å². The third kappa shape index (κ3) is 4.81. The highest BCUT2D eigenvalue weighted by atomic mass is 16.2. The van der Waals surface area contributed by atoms with Gasteiger partial charge in [0.15, 0.2) is 0 Å². The van der Waals surface area contributed by atoms with E-state index in [1.807, 2.05) is 48.0 Å². The summed E-state index contributed by atoms with van der Waals surface area (Å²) in [5, 5.41) is 2.98. The number of benzene rings is 1. The predicted octanol–water partition coefficient (Wildman–Crippen LogP) is 0.989. The fraction of sp³-hybridized carbons (Fsp3) is 0.263. The monoisotopic (exact) mass is 367 g/mol. The second-order valence-electron chi connectivity index (χ2n) is 6.23. The van der Waals surface area contributed by atoms with Crippen molar-refractivity contribution in [3.63, 3.8) is 0 Å². The third-order valence-corrected chi connectivity index (χ3v) is 4.33. The molecule has 3 rings (SSSR count). The maximum absolute atomic E-state index is 12.5. The molecule has 2 N–H and O–H groups in total. The van der Waals surface area contributed by atoms with E-state index in [0.29, 0.717) is 13.0 Å². The van der Waals surface area contributed by atoms with E-state index < -0.39 is 11.2 Å². The largest absolute Gasteiger partial charge is 0.348 e. The molecule has 0 bridgehead atoms. The lowest BCUT2D eigenvalue weighted by Crippen LogP contribution is -2.37. The fourth-order valence-electron chi connectivity index (χ4n) is 2.88. The molecule has 1 atom stereocenters. The number of hydrogen-bond acceptors (Lipinski definition) is 4. The number of amides is 1. The molecule has 0 radical (unpaired) electrons. The smallest absolute Gasteiger partial charge is 0.328 e. The van der Waals surface area contributed by atoms with Crippen LogP contribution in [0.25, 0.3) is 0 Å². The van der Waals surface area contributed by atoms with Crippen molar-refractivity contribution in [1.82, 2.24) is 24.4 Å². The molecule has 8 nitrogen and oxygen atoms in total. The van der Waals surface area contributed by atoms with Crippen molar-refractivity contribution in [2.24, 2.45) is 0 Å². The maximum atomic E-state index is 12.5. The number of imidazole rings is 1. The number of aromatic amines is 1. The zero-order valence-corrected chi connectivity index (χ0v) is 15.0. The first-order chi connectivity index (χ1) is 13.0. The number of H-pyrrole nitrogens is 1. The summed E-state index contributed by atoms with van der Waals surface area (Å²) in [6.45, 7) is 2.46. The summed E-state index contributed by atoms with van der Waals surface area (Å²) in [7, 11) is 0. The number of hydrogen-bond donors (Lipinski definition) is 2. The van der Waals surface area contributed by atoms with Crippen LogP contribution in [0.3, 0.4) is 0 Å². The molecule has 140 valence electrons. The van der Waals surface area contributed by atoms with Gasteiger partial charge in [0.25, 0.3) is 5.56 Å². The zero-order valence-electron chi connectivity index (χ0n) is 15.0. The maximum Gasteiger partial charge on any atom is 0.328 e. The van der Waals surface area contributed by atoms with Gasteiger partial charge in [-0.1, -0.05) is 30.3 Å². The average molecular weight is 367 g/mol. The number of aryl methyl sites for hydroxylation is 2. The van der Waals surface area contributed by atoms with Crippen molar-refractivity contribution < 1.29 is 4.79 Å². The van der Waals surface area contributed by atoms with E-state index in [0.717, 1.165) is 11.4 Å². The van der Waals surface area contributed by atoms with Crippen molar-refractivity contribution in [3.05, 3.63) is 87.2 Å². The van der Waals surface area contributed by atoms with Crippen molar-refractivity contribution in [2.75, 3.05) is 0 Å². The second-order valence-corrected chi connectivity index (χ2v) is 6.23. The highest BCUT2D eigenvalue weighted by Crippen LogP contribution is 2.18. The molecule has 1 aromatic carbocycles. The molecule has 2 aromatic heterocycles. The molecular formula is C19H21N5O3. The summed E-state index contributed by atoms with van der Waals surface area (Å²) in [6, 6.07) is 10.7. The Kier molecular flexibility index (Phi) is 5.65. The summed E-state index contributed by atoms with van der Waals surface area (Å²) in [5.41, 5.74) is -0.116. The Hall–Kier alpha value is -3.42. The predicted molar refractivity (Wildman–Crippen MR) is 100 cm³/mol. The Morgan fingerprint density at radius 2 is 1.93 bits per heavy atom. The van der Waals surface area contributed by atoms with Crippen LogP contribution in [0, 0.1) is 6.92 Å². The van der Waals surface area contributed by atoms with E-state index in [4.69, 9.17) is 0 Å². The summed E-state index contributed by atoms with van der Waals surface area (Å²) in [4.78, 5) is 41.7. The molecule has 2 heterocycles. The summed E-state index contributed by atoms with van der Waals surface area (Å²) >= 11 is 0. The van der Waals surface area contributed by atoms with E-state index in [2.05, 4.69) is 15.3 Å². The minimum atomic E-state index is -0.608. The van der Waals surface area contributed by atoms with Crippen LogP contribution in [0.1, 0.15) is 23.9 Å². The molecule has 3 aromatic rings. The van der Waals surface area contributed by atoms with Gasteiger partial charge in [-0.3, -0.25) is 19.1 Å². The molecule has 0 spiro atoms. The normalized spacial score (nSPS) is 11.9. The van der Waals surface area contributed by atoms with Crippen molar-refractivity contribution in [3.8, 4) is 0 Å². The van der Waals surface area contributed by atoms with Crippen LogP contribution in [0.15, 0.2) is 64.6 Å². The first-order valence-electron chi connectivity index (χ1n) is 8.65. The molecular weight excluding hydrogens is 346 g/mol. The van der Waals surface area contributed by atoms with E-state index >= 15 is 0 Å². The van der Waals surface area contributed by atoms with Crippen LogP contribution >= 0.6 is 0 Å². The summed E-state index contributed by atoms with van der Waals surface area (Å²) in [6.07, 6.45) is 5.63. The topological polar surface area (TPSA) is 102 Å². The van der Waals surface area contributed by atoms with Gasteiger partial charge in [0, 0.05) is 31.2 Å². The van der Waals surface area contributed by atoms with Crippen LogP contribution in [0.5, 0.6) is 0 Å². The second kappa shape index (κ2) is 8.31. The number of carbonyl (C=O) groups is 1. The zero-order chi connectivity index (χ0) is 19.2. The Balaban J connectivity index is 1.72. The van der Waals surface area contributed by atoms with E-state index in [-0.39, 0.29) is 18.5 Å². The number of nitrogens with one attached hydrogen (secondary N) is 2. The molecule has 1 amide bonds. The fourth-order valence-corrected chi connectivity index (χ4v) is 2.88. The minimum absolute atomic E-state index is 0.164. The molecule has 0 aliphatic heterocycles. The van der Waals surface area contributed by atoms with Crippen LogP contribution in [-0.4, -0.2) is 25.0 Å². The third-order valence-electron chi connectivity index (χ3n) is 4.33. The Morgan fingerprint density at radius 3 is 2.59 bits per heavy atom. The summed E-state index contributed by atoms with van der Waals surface area (Å²) in [5.74, 6) is 0.605. The molecule has 0 saturated carbocycles. The van der Waals surface area contributed by atoms with Crippen LogP contribution in [-0.2, 0) is 17.9 Å². The van der Waals surface area contributed by atoms with Gasteiger partial charge in [0.05, 0.1) is 6.04 Å². The Morgan fingerprint density at radius 1 is 1.15 bits per heavy atom. The minimum Gasteiger partial charge on any atom is -0.348 e. The molecule has 8 heteroatoms. The van der Waals surface area contributed by atoms with E-state index in [1.54, 1.807) is 6.20 Å². The average Bonchev–Trinajstić information content (AvgIpc) is 3.06. The number of aromatic nitrogens is 4. The number of carbonyl (C=O) groups excluding carboxylic acids is 1. The molecule has 0 aliphatic rings. The highest BCUT2D eigenvalue weighted by molar-refractivity contribution is 5.76. The van der Waals surface area contributed by atoms with Gasteiger partial charge in [-0.25, -0.2) is 9.78 Å². The van der Waals surface area contributed by atoms with Crippen LogP contribution in [0.4, 0.5) is 0 Å². The van der Waals surface area contributed by atoms with Crippen LogP contribution in [0.2, 0.25) is 0 Å². The Bertz CT molecular complexity index is 1020. The van der Waals surface area contributed by atoms with Gasteiger partial charge in [-0.05, 0) is 18.9 Å². The van der Waals surface area contributed by atoms with Gasteiger partial charge in [-0.15, -0.1) is 0 Å². The Labute approximate surface area is 155 Å². The van der Waals surface area contributed by atoms with Gasteiger partial charge >= 0.3 is 5.69 Å². The molecule has 0 fully saturated rings. The molecule has 27 heavy (non-hydrogen) atoms. The first kappa shape index (κ1) is 18.4. The van der Waals surface area contributed by atoms with Crippen molar-refractivity contribution in [2.45, 2.75) is 32.5 Å². The lowest BCUT2D eigenvalue weighted by molar-refractivity contribution is -0.122. The van der Waals surface area contributed by atoms with E-state index in [9.17, 15) is 14.4 Å². The van der Waals surface area contributed by atoms with Crippen LogP contribution < -0.4 is 16.6 Å². The van der Waals surface area contributed by atoms with Gasteiger partial charge < -0.3 is 9.88 Å². The highest BCUT2D eigenvalue weighted by Gasteiger charge is 2.15. The van der Waals surface area contributed by atoms with Gasteiger partial charge in [-0.2, -0.15) is 0 Å². The molecule has 0 aliphatic carbocycles. The first-order valence-corrected chi connectivity index (χ1v) is 8.65. The number of nitrogens with zero attached hydrogens (tertiary/aromatic N) is 3. The summed E-state index contributed by atoms with van der Waals surface area (Å²) < 4.78 is 3.19. The quantitative estimate of drug-likeness (QED) is 0.650. The van der Waals surface area contributed by atoms with E-state index in [1.165, 1.54) is 16.8 Å². The van der Waals surface area contributed by atoms with Gasteiger partial charge in [0.1, 0.15) is 12.4 Å². The SMILES string of the molecule is Cc1nccn1CC[C@H](NC(=O)Cn1ccc(=O)[nH]c1=O)c1ccccc1. The van der Waals surface area contributed by atoms with Crippen molar-refractivity contribution in [1.29, 1.82) is 0 Å². The standard InChI is InChI=1S/C19H21N5O3/c1-14-20-9-12-23(14)10-7-16(15-5-3-2-4-6-15)21-18(26)13-24-11-8-17(25)22-19(24)27/h2-6,8-9,11-12,16H,7,10,13H2,1H3,(H,21,26)(H,22,25,27)/t16-/m0/s1. The molecule has 0 saturated heterocycles. The molecule has 0 unspecified atom stereocenters. The lowest BCUT2D eigenvalue weighted by Gasteiger charge is -2.20. The number of rotatable bonds is 7. The lowest BCUT2D eigenvalue weighted by atomic mass is 10.0. The van der Waals surface area contributed by atoms with Crippen molar-refractivity contribution >= 4 is 5.91 Å².